The Morgan fingerprint density at radius 2 is 1.74 bits per heavy atom. The molecule has 10 heteroatoms. The number of carbonyl (C=O) groups excluding carboxylic acids is 1. The molecule has 2 rings (SSSR count). The summed E-state index contributed by atoms with van der Waals surface area (Å²) in [5, 5.41) is 13.1. The van der Waals surface area contributed by atoms with Crippen LogP contribution in [0, 0.1) is 0 Å². The molecule has 2 atom stereocenters. The lowest BCUT2D eigenvalue weighted by Gasteiger charge is -2.32. The highest BCUT2D eigenvalue weighted by molar-refractivity contribution is 7.92. The molecule has 0 radical (unpaired) electrons. The lowest BCUT2D eigenvalue weighted by molar-refractivity contribution is 0.138. The number of halogens is 2. The minimum Gasteiger partial charge on any atom is -0.447 e. The van der Waals surface area contributed by atoms with Crippen LogP contribution in [-0.4, -0.2) is 38.3 Å². The molecule has 2 aromatic carbocycles. The number of nitrogens with zero attached hydrogens (tertiary/aromatic N) is 1. The van der Waals surface area contributed by atoms with Crippen molar-refractivity contribution in [3.8, 4) is 0 Å². The fraction of sp³-hybridized carbons (Fsp3) is 0.381. The van der Waals surface area contributed by atoms with E-state index in [-0.39, 0.29) is 23.2 Å². The topological polar surface area (TPSA) is 95.9 Å². The Bertz CT molecular complexity index is 999. The minimum absolute atomic E-state index is 0.00308. The summed E-state index contributed by atoms with van der Waals surface area (Å²) in [6.07, 6.45) is 0.0860. The van der Waals surface area contributed by atoms with Gasteiger partial charge in [-0.1, -0.05) is 36.2 Å². The van der Waals surface area contributed by atoms with Gasteiger partial charge in [0.15, 0.2) is 0 Å². The van der Waals surface area contributed by atoms with Crippen LogP contribution in [0.3, 0.4) is 0 Å². The number of anilines is 1. The van der Waals surface area contributed by atoms with E-state index in [1.807, 2.05) is 13.8 Å². The van der Waals surface area contributed by atoms with E-state index in [2.05, 4.69) is 5.32 Å². The molecule has 0 fully saturated rings. The maximum atomic E-state index is 13.5. The fourth-order valence-electron chi connectivity index (χ4n) is 2.81. The highest BCUT2D eigenvalue weighted by Crippen LogP contribution is 2.32. The zero-order chi connectivity index (χ0) is 23.2. The zero-order valence-electron chi connectivity index (χ0n) is 17.5. The van der Waals surface area contributed by atoms with Crippen molar-refractivity contribution >= 4 is 45.0 Å². The summed E-state index contributed by atoms with van der Waals surface area (Å²) in [6, 6.07) is 9.40. The molecule has 7 nitrogen and oxygen atoms in total. The predicted molar refractivity (Wildman–Crippen MR) is 122 cm³/mol. The third-order valence-electron chi connectivity index (χ3n) is 4.66. The van der Waals surface area contributed by atoms with E-state index in [9.17, 15) is 18.3 Å². The predicted octanol–water partition coefficient (Wildman–Crippen LogP) is 4.59. The molecule has 0 aliphatic rings. The third-order valence-corrected chi connectivity index (χ3v) is 7.09. The average Bonchev–Trinajstić information content (AvgIpc) is 2.72. The first-order chi connectivity index (χ1) is 14.6. The van der Waals surface area contributed by atoms with Gasteiger partial charge in [-0.25, -0.2) is 13.2 Å². The van der Waals surface area contributed by atoms with Gasteiger partial charge in [0.1, 0.15) is 6.61 Å². The van der Waals surface area contributed by atoms with Crippen molar-refractivity contribution in [2.24, 2.45) is 0 Å². The van der Waals surface area contributed by atoms with Crippen LogP contribution in [0.5, 0.6) is 0 Å². The maximum Gasteiger partial charge on any atom is 0.407 e. The molecule has 0 saturated heterocycles. The van der Waals surface area contributed by atoms with Gasteiger partial charge >= 0.3 is 6.09 Å². The van der Waals surface area contributed by atoms with Gasteiger partial charge in [0.05, 0.1) is 23.2 Å². The summed E-state index contributed by atoms with van der Waals surface area (Å²) in [5.41, 5.74) is 0.557. The number of nitrogens with one attached hydrogen (secondary N) is 1. The zero-order valence-corrected chi connectivity index (χ0v) is 19.8. The lowest BCUT2D eigenvalue weighted by Crippen LogP contribution is -2.43. The first-order valence-electron chi connectivity index (χ1n) is 9.72. The quantitative estimate of drug-likeness (QED) is 0.537. The van der Waals surface area contributed by atoms with Crippen LogP contribution in [0.25, 0.3) is 0 Å². The molecule has 1 unspecified atom stereocenters. The average molecular weight is 489 g/mol. The largest absolute Gasteiger partial charge is 0.447 e. The molecule has 0 saturated carbocycles. The van der Waals surface area contributed by atoms with Gasteiger partial charge in [0.25, 0.3) is 10.0 Å². The van der Waals surface area contributed by atoms with Gasteiger partial charge < -0.3 is 15.2 Å². The van der Waals surface area contributed by atoms with Gasteiger partial charge in [-0.2, -0.15) is 0 Å². The highest BCUT2D eigenvalue weighted by Gasteiger charge is 2.32. The van der Waals surface area contributed by atoms with E-state index < -0.39 is 28.8 Å². The van der Waals surface area contributed by atoms with Gasteiger partial charge in [0.2, 0.25) is 0 Å². The van der Waals surface area contributed by atoms with E-state index in [1.165, 1.54) is 30.3 Å². The third kappa shape index (κ3) is 6.49. The minimum atomic E-state index is -4.10. The molecule has 2 N–H and O–H groups in total. The summed E-state index contributed by atoms with van der Waals surface area (Å²) >= 11 is 12.0. The molecular weight excluding hydrogens is 463 g/mol. The van der Waals surface area contributed by atoms with Crippen molar-refractivity contribution < 1.29 is 23.1 Å². The van der Waals surface area contributed by atoms with E-state index in [0.717, 1.165) is 10.7 Å². The molecule has 0 spiro atoms. The molecule has 0 heterocycles. The molecule has 0 bridgehead atoms. The number of hydrogen-bond donors (Lipinski definition) is 2. The maximum absolute atomic E-state index is 13.5. The van der Waals surface area contributed by atoms with Crippen molar-refractivity contribution in [2.75, 3.05) is 10.9 Å². The first kappa shape index (κ1) is 25.3. The van der Waals surface area contributed by atoms with Crippen LogP contribution in [-0.2, 0) is 21.4 Å². The van der Waals surface area contributed by atoms with Gasteiger partial charge in [-0.15, -0.1) is 0 Å². The molecule has 1 amide bonds. The lowest BCUT2D eigenvalue weighted by atomic mass is 10.1. The van der Waals surface area contributed by atoms with Crippen LogP contribution in [0.4, 0.5) is 10.5 Å². The van der Waals surface area contributed by atoms with Crippen molar-refractivity contribution in [2.45, 2.75) is 50.8 Å². The van der Waals surface area contributed by atoms with Crippen LogP contribution in [0.2, 0.25) is 10.0 Å². The number of rotatable bonds is 9. The number of alkyl carbamates (subject to hydrolysis) is 1. The highest BCUT2D eigenvalue weighted by atomic mass is 35.5. The first-order valence-corrected chi connectivity index (χ1v) is 11.9. The Kier molecular flexibility index (Phi) is 9.00. The Morgan fingerprint density at radius 1 is 1.13 bits per heavy atom. The monoisotopic (exact) mass is 488 g/mol. The smallest absolute Gasteiger partial charge is 0.407 e. The Morgan fingerprint density at radius 3 is 2.32 bits per heavy atom. The van der Waals surface area contributed by atoms with E-state index >= 15 is 0 Å². The molecule has 0 aliphatic heterocycles. The molecule has 0 aromatic heterocycles. The number of carbonyl (C=O) groups is 1. The van der Waals surface area contributed by atoms with Crippen LogP contribution in [0.1, 0.15) is 32.8 Å². The second-order valence-corrected chi connectivity index (χ2v) is 9.77. The number of aliphatic hydroxyl groups excluding tert-OH is 1. The van der Waals surface area contributed by atoms with Crippen LogP contribution in [0.15, 0.2) is 47.4 Å². The van der Waals surface area contributed by atoms with Crippen molar-refractivity contribution in [3.63, 3.8) is 0 Å². The number of sulfonamides is 1. The van der Waals surface area contributed by atoms with E-state index in [1.54, 1.807) is 19.1 Å². The Hall–Kier alpha value is -2.00. The van der Waals surface area contributed by atoms with Gasteiger partial charge in [-0.05, 0) is 56.7 Å². The van der Waals surface area contributed by atoms with Gasteiger partial charge in [-0.3, -0.25) is 4.31 Å². The van der Waals surface area contributed by atoms with Crippen molar-refractivity contribution in [1.82, 2.24) is 5.32 Å². The number of aliphatic hydroxyl groups is 1. The normalized spacial score (nSPS) is 13.4. The van der Waals surface area contributed by atoms with E-state index in [4.69, 9.17) is 27.9 Å². The second-order valence-electron chi connectivity index (χ2n) is 7.09. The molecular formula is C21H26Cl2N2O5S. The fourth-order valence-corrected chi connectivity index (χ4v) is 4.77. The summed E-state index contributed by atoms with van der Waals surface area (Å²) in [4.78, 5) is 12.0. The Balaban J connectivity index is 2.45. The molecule has 31 heavy (non-hydrogen) atoms. The Labute approximate surface area is 193 Å². The summed E-state index contributed by atoms with van der Waals surface area (Å²) in [7, 11) is -4.10. The van der Waals surface area contributed by atoms with Crippen molar-refractivity contribution in [3.05, 3.63) is 58.1 Å². The SMILES string of the molecule is CC[C@@H](C)NC(=O)OCC(C)N(c1cc(Cl)ccc1CO)S(=O)(=O)c1ccc(Cl)cc1. The summed E-state index contributed by atoms with van der Waals surface area (Å²) in [5.74, 6) is 0. The second kappa shape index (κ2) is 11.0. The number of hydrogen-bond acceptors (Lipinski definition) is 5. The van der Waals surface area contributed by atoms with Crippen molar-refractivity contribution in [1.29, 1.82) is 0 Å². The molecule has 0 aliphatic carbocycles. The number of ether oxygens (including phenoxy) is 1. The van der Waals surface area contributed by atoms with Gasteiger partial charge in [0, 0.05) is 21.7 Å². The standard InChI is InChI=1S/C21H26Cl2N2O5S/c1-4-14(2)24-21(27)30-13-15(3)25(20-11-18(23)6-5-16(20)12-26)31(28,29)19-9-7-17(22)8-10-19/h5-11,14-15,26H,4,12-13H2,1-3H3,(H,24,27)/t14-,15?/m1/s1. The summed E-state index contributed by atoms with van der Waals surface area (Å²) < 4.78 is 33.4. The number of amides is 1. The molecule has 2 aromatic rings. The molecule has 170 valence electrons. The number of benzene rings is 2. The van der Waals surface area contributed by atoms with Crippen LogP contribution < -0.4 is 9.62 Å². The van der Waals surface area contributed by atoms with E-state index in [0.29, 0.717) is 15.6 Å². The summed E-state index contributed by atoms with van der Waals surface area (Å²) in [6.45, 7) is 4.74. The van der Waals surface area contributed by atoms with Crippen LogP contribution >= 0.6 is 23.2 Å².